The topological polar surface area (TPSA) is 62.7 Å². The van der Waals surface area contributed by atoms with Gasteiger partial charge in [0.2, 0.25) is 11.8 Å². The molecule has 148 valence electrons. The molecule has 1 saturated carbocycles. The van der Waals surface area contributed by atoms with Gasteiger partial charge in [-0.15, -0.1) is 11.3 Å². The van der Waals surface area contributed by atoms with Crippen molar-refractivity contribution >= 4 is 23.2 Å². The highest BCUT2D eigenvalue weighted by Crippen LogP contribution is 2.61. The monoisotopic (exact) mass is 391 g/mol. The smallest absolute Gasteiger partial charge is 0.248 e. The second kappa shape index (κ2) is 7.51. The van der Waals surface area contributed by atoms with Gasteiger partial charge in [0.05, 0.1) is 27.5 Å². The predicted molar refractivity (Wildman–Crippen MR) is 103 cm³/mol. The van der Waals surface area contributed by atoms with Crippen molar-refractivity contribution in [3.8, 4) is 0 Å². The summed E-state index contributed by atoms with van der Waals surface area (Å²) >= 11 is 1.69. The van der Waals surface area contributed by atoms with Gasteiger partial charge in [-0.3, -0.25) is 9.59 Å². The van der Waals surface area contributed by atoms with E-state index in [0.29, 0.717) is 25.6 Å². The number of aromatic nitrogens is 1. The highest BCUT2D eigenvalue weighted by molar-refractivity contribution is 7.09. The Morgan fingerprint density at radius 3 is 2.63 bits per heavy atom. The third-order valence-electron chi connectivity index (χ3n) is 6.63. The van der Waals surface area contributed by atoms with Gasteiger partial charge >= 0.3 is 0 Å². The van der Waals surface area contributed by atoms with Crippen LogP contribution in [0.1, 0.15) is 62.1 Å². The van der Waals surface area contributed by atoms with E-state index in [1.54, 1.807) is 11.3 Å². The molecule has 1 aromatic rings. The number of amides is 2. The average Bonchev–Trinajstić information content (AvgIpc) is 3.34. The molecule has 0 bridgehead atoms. The molecule has 3 aliphatic rings. The van der Waals surface area contributed by atoms with Gasteiger partial charge in [0.1, 0.15) is 6.61 Å². The maximum absolute atomic E-state index is 13.3. The van der Waals surface area contributed by atoms with Gasteiger partial charge in [-0.05, 0) is 39.5 Å². The van der Waals surface area contributed by atoms with E-state index in [2.05, 4.69) is 16.8 Å². The van der Waals surface area contributed by atoms with E-state index in [0.717, 1.165) is 44.2 Å². The Balaban J connectivity index is 1.48. The van der Waals surface area contributed by atoms with Gasteiger partial charge in [0.15, 0.2) is 0 Å². The molecule has 2 saturated heterocycles. The van der Waals surface area contributed by atoms with Crippen LogP contribution in [0.15, 0.2) is 5.51 Å². The van der Waals surface area contributed by atoms with Crippen molar-refractivity contribution in [2.24, 2.45) is 5.41 Å². The third kappa shape index (κ3) is 3.09. The van der Waals surface area contributed by atoms with Crippen molar-refractivity contribution in [2.75, 3.05) is 26.3 Å². The lowest BCUT2D eigenvalue weighted by atomic mass is 9.67. The molecule has 0 aromatic carbocycles. The third-order valence-corrected chi connectivity index (χ3v) is 7.61. The Labute approximate surface area is 164 Å². The summed E-state index contributed by atoms with van der Waals surface area (Å²) in [6.45, 7) is 6.10. The van der Waals surface area contributed by atoms with Crippen LogP contribution in [0.2, 0.25) is 0 Å². The Morgan fingerprint density at radius 1 is 1.33 bits per heavy atom. The number of nitrogens with zero attached hydrogens (tertiary/aromatic N) is 3. The standard InChI is InChI=1S/C20H29N3O3S/c1-3-26-12-16(24)22-10-6-15(7-11-22)23-18(17-14(2)21-13-27-17)20(19(23)25)8-4-5-9-20/h13,15,18H,3-12H2,1-2H3. The SMILES string of the molecule is CCOCC(=O)N1CCC(N2C(=O)C3(CCCC3)C2c2scnc2C)CC1. The van der Waals surface area contributed by atoms with Crippen molar-refractivity contribution in [3.63, 3.8) is 0 Å². The van der Waals surface area contributed by atoms with Crippen LogP contribution in [-0.4, -0.2) is 58.9 Å². The normalized spacial score (nSPS) is 25.3. The number of thiazole rings is 1. The van der Waals surface area contributed by atoms with Gasteiger partial charge in [-0.1, -0.05) is 12.8 Å². The number of piperidine rings is 1. The molecular formula is C20H29N3O3S. The van der Waals surface area contributed by atoms with Gasteiger partial charge in [0.25, 0.3) is 0 Å². The molecule has 1 aliphatic carbocycles. The van der Waals surface area contributed by atoms with Crippen molar-refractivity contribution in [1.82, 2.24) is 14.8 Å². The molecule has 1 spiro atoms. The molecule has 0 radical (unpaired) electrons. The van der Waals surface area contributed by atoms with Gasteiger partial charge in [-0.25, -0.2) is 4.98 Å². The van der Waals surface area contributed by atoms with Crippen LogP contribution in [0.4, 0.5) is 0 Å². The van der Waals surface area contributed by atoms with Crippen LogP contribution in [0.3, 0.4) is 0 Å². The first kappa shape index (κ1) is 18.9. The van der Waals surface area contributed by atoms with Crippen LogP contribution < -0.4 is 0 Å². The van der Waals surface area contributed by atoms with E-state index >= 15 is 0 Å². The summed E-state index contributed by atoms with van der Waals surface area (Å²) in [5.74, 6) is 0.407. The first-order valence-electron chi connectivity index (χ1n) is 10.2. The number of likely N-dealkylation sites (tertiary alicyclic amines) is 2. The Kier molecular flexibility index (Phi) is 5.25. The fourth-order valence-electron chi connectivity index (χ4n) is 5.19. The van der Waals surface area contributed by atoms with E-state index in [1.807, 2.05) is 17.3 Å². The molecular weight excluding hydrogens is 362 g/mol. The highest BCUT2D eigenvalue weighted by atomic mass is 32.1. The Hall–Kier alpha value is -1.47. The first-order valence-corrected chi connectivity index (χ1v) is 11.0. The van der Waals surface area contributed by atoms with Crippen LogP contribution in [0, 0.1) is 12.3 Å². The molecule has 0 N–H and O–H groups in total. The molecule has 3 heterocycles. The van der Waals surface area contributed by atoms with Crippen LogP contribution in [0.5, 0.6) is 0 Å². The lowest BCUT2D eigenvalue weighted by molar-refractivity contribution is -0.181. The largest absolute Gasteiger partial charge is 0.372 e. The zero-order valence-corrected chi connectivity index (χ0v) is 17.1. The van der Waals surface area contributed by atoms with Crippen molar-refractivity contribution in [3.05, 3.63) is 16.1 Å². The number of carbonyl (C=O) groups excluding carboxylic acids is 2. The molecule has 2 aliphatic heterocycles. The summed E-state index contributed by atoms with van der Waals surface area (Å²) in [7, 11) is 0. The van der Waals surface area contributed by atoms with Crippen LogP contribution >= 0.6 is 11.3 Å². The molecule has 7 heteroatoms. The summed E-state index contributed by atoms with van der Waals surface area (Å²) in [4.78, 5) is 35.2. The Bertz CT molecular complexity index is 705. The van der Waals surface area contributed by atoms with Crippen LogP contribution in [0.25, 0.3) is 0 Å². The maximum Gasteiger partial charge on any atom is 0.248 e. The fraction of sp³-hybridized carbons (Fsp3) is 0.750. The second-order valence-corrected chi connectivity index (χ2v) is 8.92. The van der Waals surface area contributed by atoms with E-state index < -0.39 is 0 Å². The maximum atomic E-state index is 13.3. The van der Waals surface area contributed by atoms with Gasteiger partial charge in [-0.2, -0.15) is 0 Å². The second-order valence-electron chi connectivity index (χ2n) is 8.03. The summed E-state index contributed by atoms with van der Waals surface area (Å²) < 4.78 is 5.25. The lowest BCUT2D eigenvalue weighted by Gasteiger charge is -2.58. The molecule has 3 fully saturated rings. The summed E-state index contributed by atoms with van der Waals surface area (Å²) in [6, 6.07) is 0.419. The number of ether oxygens (including phenoxy) is 1. The number of aryl methyl sites for hydroxylation is 1. The lowest BCUT2D eigenvalue weighted by Crippen LogP contribution is -2.66. The molecule has 27 heavy (non-hydrogen) atoms. The minimum absolute atomic E-state index is 0.0624. The minimum Gasteiger partial charge on any atom is -0.372 e. The van der Waals surface area contributed by atoms with Gasteiger partial charge < -0.3 is 14.5 Å². The summed E-state index contributed by atoms with van der Waals surface area (Å²) in [5, 5.41) is 0. The minimum atomic E-state index is -0.181. The zero-order chi connectivity index (χ0) is 19.0. The van der Waals surface area contributed by atoms with Crippen molar-refractivity contribution in [2.45, 2.75) is 64.5 Å². The van der Waals surface area contributed by atoms with E-state index in [1.165, 1.54) is 4.88 Å². The molecule has 1 aromatic heterocycles. The summed E-state index contributed by atoms with van der Waals surface area (Å²) in [5.41, 5.74) is 2.79. The number of rotatable bonds is 5. The number of carbonyl (C=O) groups is 2. The number of hydrogen-bond donors (Lipinski definition) is 0. The molecule has 1 atom stereocenters. The first-order chi connectivity index (χ1) is 13.1. The molecule has 1 unspecified atom stereocenters. The molecule has 2 amide bonds. The van der Waals surface area contributed by atoms with E-state index in [4.69, 9.17) is 4.74 Å². The van der Waals surface area contributed by atoms with Gasteiger partial charge in [0, 0.05) is 25.7 Å². The Morgan fingerprint density at radius 2 is 2.04 bits per heavy atom. The molecule has 6 nitrogen and oxygen atoms in total. The summed E-state index contributed by atoms with van der Waals surface area (Å²) in [6.07, 6.45) is 6.03. The number of hydrogen-bond acceptors (Lipinski definition) is 5. The fourth-order valence-corrected chi connectivity index (χ4v) is 6.20. The molecule has 4 rings (SSSR count). The van der Waals surface area contributed by atoms with Crippen LogP contribution in [-0.2, 0) is 14.3 Å². The number of β-lactam (4-membered cyclic amide) rings is 1. The van der Waals surface area contributed by atoms with E-state index in [9.17, 15) is 9.59 Å². The zero-order valence-electron chi connectivity index (χ0n) is 16.3. The van der Waals surface area contributed by atoms with Crippen molar-refractivity contribution in [1.29, 1.82) is 0 Å². The van der Waals surface area contributed by atoms with E-state index in [-0.39, 0.29) is 30.0 Å². The quantitative estimate of drug-likeness (QED) is 0.724. The van der Waals surface area contributed by atoms with Crippen molar-refractivity contribution < 1.29 is 14.3 Å². The average molecular weight is 392 g/mol. The highest BCUT2D eigenvalue weighted by Gasteiger charge is 2.64. The predicted octanol–water partition coefficient (Wildman–Crippen LogP) is 2.92.